The number of hydrogen-bond acceptors (Lipinski definition) is 4. The van der Waals surface area contributed by atoms with Crippen LogP contribution in [-0.4, -0.2) is 37.6 Å². The van der Waals surface area contributed by atoms with Crippen LogP contribution >= 0.6 is 12.4 Å². The highest BCUT2D eigenvalue weighted by atomic mass is 35.5. The smallest absolute Gasteiger partial charge is 0.241 e. The molecule has 28 heavy (non-hydrogen) atoms. The molecule has 0 aliphatic heterocycles. The van der Waals surface area contributed by atoms with Crippen LogP contribution in [0, 0.1) is 20.8 Å². The average molecular weight is 407 g/mol. The Morgan fingerprint density at radius 2 is 1.64 bits per heavy atom. The number of carbonyl (C=O) groups excluding carboxylic acids is 1. The maximum absolute atomic E-state index is 12.3. The van der Waals surface area contributed by atoms with Crippen molar-refractivity contribution in [1.29, 1.82) is 0 Å². The Balaban J connectivity index is 0.00000392. The lowest BCUT2D eigenvalue weighted by Crippen LogP contribution is -2.44. The number of benzene rings is 2. The van der Waals surface area contributed by atoms with Gasteiger partial charge in [-0.15, -0.1) is 12.4 Å². The van der Waals surface area contributed by atoms with Crippen molar-refractivity contribution in [2.24, 2.45) is 5.73 Å². The molecular weight excluding hydrogens is 376 g/mol. The van der Waals surface area contributed by atoms with Crippen LogP contribution in [0.1, 0.15) is 27.8 Å². The first-order valence-corrected chi connectivity index (χ1v) is 9.09. The summed E-state index contributed by atoms with van der Waals surface area (Å²) in [6.45, 7) is 7.37. The summed E-state index contributed by atoms with van der Waals surface area (Å²) in [6, 6.07) is 11.8. The van der Waals surface area contributed by atoms with E-state index in [1.807, 2.05) is 13.8 Å². The summed E-state index contributed by atoms with van der Waals surface area (Å²) in [5.74, 6) is 0.760. The molecule has 2 N–H and O–H groups in total. The maximum Gasteiger partial charge on any atom is 0.241 e. The first-order valence-electron chi connectivity index (χ1n) is 9.09. The van der Waals surface area contributed by atoms with Crippen LogP contribution in [-0.2, 0) is 22.7 Å². The normalized spacial score (nSPS) is 11.5. The predicted molar refractivity (Wildman–Crippen MR) is 115 cm³/mol. The molecule has 0 fully saturated rings. The van der Waals surface area contributed by atoms with Gasteiger partial charge in [-0.3, -0.25) is 4.79 Å². The van der Waals surface area contributed by atoms with Gasteiger partial charge >= 0.3 is 0 Å². The van der Waals surface area contributed by atoms with Gasteiger partial charge in [-0.25, -0.2) is 0 Å². The first-order chi connectivity index (χ1) is 12.8. The van der Waals surface area contributed by atoms with Crippen molar-refractivity contribution in [2.45, 2.75) is 40.0 Å². The van der Waals surface area contributed by atoms with Crippen molar-refractivity contribution in [3.63, 3.8) is 0 Å². The third-order valence-electron chi connectivity index (χ3n) is 4.48. The lowest BCUT2D eigenvalue weighted by atomic mass is 10.0. The Morgan fingerprint density at radius 1 is 1.07 bits per heavy atom. The molecule has 0 radical (unpaired) electrons. The predicted octanol–water partition coefficient (Wildman–Crippen LogP) is 3.54. The van der Waals surface area contributed by atoms with E-state index >= 15 is 0 Å². The molecule has 0 aliphatic carbocycles. The van der Waals surface area contributed by atoms with Gasteiger partial charge in [0.25, 0.3) is 0 Å². The van der Waals surface area contributed by atoms with E-state index in [9.17, 15) is 4.79 Å². The van der Waals surface area contributed by atoms with Gasteiger partial charge in [-0.05, 0) is 43.0 Å². The molecule has 154 valence electrons. The van der Waals surface area contributed by atoms with Crippen molar-refractivity contribution in [1.82, 2.24) is 4.90 Å². The zero-order valence-electron chi connectivity index (χ0n) is 17.3. The van der Waals surface area contributed by atoms with E-state index < -0.39 is 6.04 Å². The number of hydrogen-bond donors (Lipinski definition) is 1. The highest BCUT2D eigenvalue weighted by Crippen LogP contribution is 2.26. The van der Waals surface area contributed by atoms with Crippen molar-refractivity contribution in [3.05, 3.63) is 64.2 Å². The number of likely N-dealkylation sites (N-methyl/N-ethyl adjacent to an activating group) is 1. The number of ether oxygens (including phenoxy) is 2. The van der Waals surface area contributed by atoms with Gasteiger partial charge in [0.1, 0.15) is 18.4 Å². The van der Waals surface area contributed by atoms with E-state index in [-0.39, 0.29) is 24.9 Å². The third-order valence-corrected chi connectivity index (χ3v) is 4.48. The summed E-state index contributed by atoms with van der Waals surface area (Å²) < 4.78 is 11.0. The Morgan fingerprint density at radius 3 is 2.18 bits per heavy atom. The van der Waals surface area contributed by atoms with Gasteiger partial charge in [0.2, 0.25) is 5.91 Å². The quantitative estimate of drug-likeness (QED) is 0.728. The SMILES string of the molecule is COCC(N)C(=O)N(C)Cc1cc(C)c(OCc2ccc(C)cc2)c(C)c1.Cl. The number of carbonyl (C=O) groups is 1. The lowest BCUT2D eigenvalue weighted by Gasteiger charge is -2.22. The second-order valence-electron chi connectivity index (χ2n) is 7.09. The Bertz CT molecular complexity index is 755. The molecule has 0 saturated carbocycles. The van der Waals surface area contributed by atoms with E-state index in [2.05, 4.69) is 43.3 Å². The number of halogens is 1. The number of nitrogens with zero attached hydrogens (tertiary/aromatic N) is 1. The molecule has 1 unspecified atom stereocenters. The van der Waals surface area contributed by atoms with Crippen LogP contribution in [0.15, 0.2) is 36.4 Å². The van der Waals surface area contributed by atoms with Crippen molar-refractivity contribution >= 4 is 18.3 Å². The maximum atomic E-state index is 12.3. The van der Waals surface area contributed by atoms with Crippen LogP contribution in [0.3, 0.4) is 0 Å². The summed E-state index contributed by atoms with van der Waals surface area (Å²) in [4.78, 5) is 13.9. The van der Waals surface area contributed by atoms with Crippen molar-refractivity contribution in [2.75, 3.05) is 20.8 Å². The highest BCUT2D eigenvalue weighted by molar-refractivity contribution is 5.85. The Hall–Kier alpha value is -2.08. The van der Waals surface area contributed by atoms with E-state index in [0.717, 1.165) is 28.0 Å². The van der Waals surface area contributed by atoms with Crippen LogP contribution in [0.5, 0.6) is 5.75 Å². The van der Waals surface area contributed by atoms with Gasteiger partial charge in [-0.1, -0.05) is 42.0 Å². The van der Waals surface area contributed by atoms with E-state index in [4.69, 9.17) is 15.2 Å². The minimum atomic E-state index is -0.640. The molecule has 0 aromatic heterocycles. The molecule has 1 atom stereocenters. The molecule has 2 aromatic carbocycles. The fourth-order valence-corrected chi connectivity index (χ4v) is 3.08. The van der Waals surface area contributed by atoms with Gasteiger partial charge in [0.05, 0.1) is 6.61 Å². The molecule has 0 spiro atoms. The molecule has 0 heterocycles. The minimum Gasteiger partial charge on any atom is -0.488 e. The summed E-state index contributed by atoms with van der Waals surface area (Å²) in [6.07, 6.45) is 0. The largest absolute Gasteiger partial charge is 0.488 e. The molecule has 0 bridgehead atoms. The number of rotatable bonds is 8. The average Bonchev–Trinajstić information content (AvgIpc) is 2.62. The standard InChI is InChI=1S/C22H30N2O3.ClH/c1-15-6-8-18(9-7-15)13-27-21-16(2)10-19(11-17(21)3)12-24(4)22(25)20(23)14-26-5;/h6-11,20H,12-14,23H2,1-5H3;1H. The molecule has 2 aromatic rings. The minimum absolute atomic E-state index is 0. The number of aryl methyl sites for hydroxylation is 3. The Labute approximate surface area is 174 Å². The fraction of sp³-hybridized carbons (Fsp3) is 0.409. The lowest BCUT2D eigenvalue weighted by molar-refractivity contribution is -0.132. The molecule has 0 aliphatic rings. The monoisotopic (exact) mass is 406 g/mol. The summed E-state index contributed by atoms with van der Waals surface area (Å²) >= 11 is 0. The molecule has 0 saturated heterocycles. The molecule has 1 amide bonds. The topological polar surface area (TPSA) is 64.8 Å². The van der Waals surface area contributed by atoms with E-state index in [1.54, 1.807) is 11.9 Å². The summed E-state index contributed by atoms with van der Waals surface area (Å²) in [5, 5.41) is 0. The Kier molecular flexibility index (Phi) is 9.46. The van der Waals surface area contributed by atoms with E-state index in [0.29, 0.717) is 13.2 Å². The van der Waals surface area contributed by atoms with Crippen molar-refractivity contribution < 1.29 is 14.3 Å². The first kappa shape index (κ1) is 24.0. The molecule has 5 nitrogen and oxygen atoms in total. The molecular formula is C22H31ClN2O3. The molecule has 2 rings (SSSR count). The van der Waals surface area contributed by atoms with E-state index in [1.165, 1.54) is 12.7 Å². The van der Waals surface area contributed by atoms with Gasteiger partial charge in [0, 0.05) is 20.7 Å². The van der Waals surface area contributed by atoms with Gasteiger partial charge < -0.3 is 20.1 Å². The van der Waals surface area contributed by atoms with Gasteiger partial charge in [-0.2, -0.15) is 0 Å². The zero-order valence-corrected chi connectivity index (χ0v) is 18.1. The fourth-order valence-electron chi connectivity index (χ4n) is 3.08. The van der Waals surface area contributed by atoms with Crippen LogP contribution in [0.2, 0.25) is 0 Å². The molecule has 6 heteroatoms. The van der Waals surface area contributed by atoms with Crippen molar-refractivity contribution in [3.8, 4) is 5.75 Å². The third kappa shape index (κ3) is 6.51. The second kappa shape index (κ2) is 11.1. The second-order valence-corrected chi connectivity index (χ2v) is 7.09. The summed E-state index contributed by atoms with van der Waals surface area (Å²) in [7, 11) is 3.29. The number of methoxy groups -OCH3 is 1. The number of nitrogens with two attached hydrogens (primary N) is 1. The summed E-state index contributed by atoms with van der Waals surface area (Å²) in [5.41, 5.74) is 11.4. The van der Waals surface area contributed by atoms with Crippen LogP contribution in [0.4, 0.5) is 0 Å². The van der Waals surface area contributed by atoms with Gasteiger partial charge in [0.15, 0.2) is 0 Å². The van der Waals surface area contributed by atoms with Crippen LogP contribution in [0.25, 0.3) is 0 Å². The van der Waals surface area contributed by atoms with Crippen LogP contribution < -0.4 is 10.5 Å². The zero-order chi connectivity index (χ0) is 20.0. The highest BCUT2D eigenvalue weighted by Gasteiger charge is 2.18. The number of amides is 1.